The Hall–Kier alpha value is -3.39. The van der Waals surface area contributed by atoms with Gasteiger partial charge in [-0.05, 0) is 19.1 Å². The van der Waals surface area contributed by atoms with E-state index in [1.54, 1.807) is 6.92 Å². The first kappa shape index (κ1) is 15.5. The molecular weight excluding hydrogens is 302 g/mol. The SMILES string of the molecule is CCOC(=O)c1c(-c2ccccc2)nn(-c2ccccc2)c1C#N. The maximum atomic E-state index is 12.4. The van der Waals surface area contributed by atoms with Gasteiger partial charge < -0.3 is 4.74 Å². The van der Waals surface area contributed by atoms with E-state index in [-0.39, 0.29) is 17.9 Å². The molecule has 0 amide bonds. The number of hydrogen-bond donors (Lipinski definition) is 0. The molecule has 0 unspecified atom stereocenters. The van der Waals surface area contributed by atoms with Crippen LogP contribution in [0, 0.1) is 11.3 Å². The van der Waals surface area contributed by atoms with Crippen LogP contribution >= 0.6 is 0 Å². The molecule has 0 spiro atoms. The molecule has 0 fully saturated rings. The fourth-order valence-electron chi connectivity index (χ4n) is 2.47. The zero-order valence-electron chi connectivity index (χ0n) is 13.1. The van der Waals surface area contributed by atoms with Crippen LogP contribution in [0.1, 0.15) is 23.0 Å². The lowest BCUT2D eigenvalue weighted by atomic mass is 10.1. The molecule has 118 valence electrons. The summed E-state index contributed by atoms with van der Waals surface area (Å²) >= 11 is 0. The van der Waals surface area contributed by atoms with Crippen molar-refractivity contribution >= 4 is 5.97 Å². The number of nitriles is 1. The molecule has 0 aliphatic heterocycles. The molecule has 0 aliphatic rings. The van der Waals surface area contributed by atoms with E-state index in [1.165, 1.54) is 4.68 Å². The van der Waals surface area contributed by atoms with Crippen molar-refractivity contribution in [3.8, 4) is 23.0 Å². The van der Waals surface area contributed by atoms with Crippen molar-refractivity contribution in [1.82, 2.24) is 9.78 Å². The van der Waals surface area contributed by atoms with Crippen LogP contribution in [0.3, 0.4) is 0 Å². The van der Waals surface area contributed by atoms with Crippen LogP contribution in [0.4, 0.5) is 0 Å². The summed E-state index contributed by atoms with van der Waals surface area (Å²) in [6.07, 6.45) is 0. The molecule has 0 N–H and O–H groups in total. The van der Waals surface area contributed by atoms with Gasteiger partial charge >= 0.3 is 5.97 Å². The monoisotopic (exact) mass is 317 g/mol. The van der Waals surface area contributed by atoms with Gasteiger partial charge in [0.15, 0.2) is 5.69 Å². The molecule has 0 aliphatic carbocycles. The standard InChI is InChI=1S/C19H15N3O2/c1-2-24-19(23)17-16(13-20)22(15-11-7-4-8-12-15)21-18(17)14-9-5-3-6-10-14/h3-12H,2H2,1H3. The van der Waals surface area contributed by atoms with Crippen molar-refractivity contribution in [2.75, 3.05) is 6.61 Å². The molecule has 2 aromatic carbocycles. The molecule has 3 aromatic rings. The van der Waals surface area contributed by atoms with Gasteiger partial charge in [0.25, 0.3) is 0 Å². The Morgan fingerprint density at radius 3 is 2.33 bits per heavy atom. The predicted molar refractivity (Wildman–Crippen MR) is 89.7 cm³/mol. The number of para-hydroxylation sites is 1. The summed E-state index contributed by atoms with van der Waals surface area (Å²) in [6.45, 7) is 1.96. The van der Waals surface area contributed by atoms with Gasteiger partial charge in [-0.2, -0.15) is 10.4 Å². The zero-order chi connectivity index (χ0) is 16.9. The number of esters is 1. The second-order valence-corrected chi connectivity index (χ2v) is 5.02. The average molecular weight is 317 g/mol. The number of aromatic nitrogens is 2. The van der Waals surface area contributed by atoms with Crippen LogP contribution in [-0.2, 0) is 4.74 Å². The van der Waals surface area contributed by atoms with Crippen LogP contribution in [0.15, 0.2) is 60.7 Å². The second kappa shape index (κ2) is 6.80. The minimum absolute atomic E-state index is 0.165. The lowest BCUT2D eigenvalue weighted by molar-refractivity contribution is 0.0527. The Morgan fingerprint density at radius 2 is 1.75 bits per heavy atom. The molecular formula is C19H15N3O2. The predicted octanol–water partition coefficient (Wildman–Crippen LogP) is 3.59. The van der Waals surface area contributed by atoms with Gasteiger partial charge in [0.05, 0.1) is 12.3 Å². The largest absolute Gasteiger partial charge is 0.462 e. The molecule has 5 heteroatoms. The average Bonchev–Trinajstić information content (AvgIpc) is 3.03. The number of ether oxygens (including phenoxy) is 1. The van der Waals surface area contributed by atoms with Gasteiger partial charge in [-0.25, -0.2) is 9.48 Å². The van der Waals surface area contributed by atoms with E-state index in [9.17, 15) is 10.1 Å². The zero-order valence-corrected chi connectivity index (χ0v) is 13.1. The molecule has 1 heterocycles. The van der Waals surface area contributed by atoms with E-state index in [4.69, 9.17) is 4.74 Å². The van der Waals surface area contributed by atoms with E-state index in [0.29, 0.717) is 11.4 Å². The number of rotatable bonds is 4. The summed E-state index contributed by atoms with van der Waals surface area (Å²) in [5.74, 6) is -0.546. The lowest BCUT2D eigenvalue weighted by Gasteiger charge is -2.03. The number of nitrogens with zero attached hydrogens (tertiary/aromatic N) is 3. The summed E-state index contributed by atoms with van der Waals surface area (Å²) in [5.41, 5.74) is 2.26. The minimum Gasteiger partial charge on any atom is -0.462 e. The highest BCUT2D eigenvalue weighted by Crippen LogP contribution is 2.28. The number of hydrogen-bond acceptors (Lipinski definition) is 4. The highest BCUT2D eigenvalue weighted by molar-refractivity contribution is 5.98. The molecule has 24 heavy (non-hydrogen) atoms. The highest BCUT2D eigenvalue weighted by Gasteiger charge is 2.26. The topological polar surface area (TPSA) is 67.9 Å². The highest BCUT2D eigenvalue weighted by atomic mass is 16.5. The number of carbonyl (C=O) groups is 1. The van der Waals surface area contributed by atoms with E-state index < -0.39 is 5.97 Å². The van der Waals surface area contributed by atoms with Crippen LogP contribution < -0.4 is 0 Å². The fourth-order valence-corrected chi connectivity index (χ4v) is 2.47. The van der Waals surface area contributed by atoms with Crippen molar-refractivity contribution in [3.05, 3.63) is 71.9 Å². The Kier molecular flexibility index (Phi) is 4.39. The molecule has 3 rings (SSSR count). The van der Waals surface area contributed by atoms with Gasteiger partial charge in [0.2, 0.25) is 0 Å². The fraction of sp³-hybridized carbons (Fsp3) is 0.105. The summed E-state index contributed by atoms with van der Waals surface area (Å²) in [7, 11) is 0. The summed E-state index contributed by atoms with van der Waals surface area (Å²) in [6, 6.07) is 20.6. The Morgan fingerprint density at radius 1 is 1.12 bits per heavy atom. The minimum atomic E-state index is -0.546. The van der Waals surface area contributed by atoms with Gasteiger partial charge in [0, 0.05) is 5.56 Å². The molecule has 0 saturated heterocycles. The molecule has 0 bridgehead atoms. The van der Waals surface area contributed by atoms with E-state index in [0.717, 1.165) is 5.56 Å². The Bertz CT molecular complexity index is 894. The third-order valence-electron chi connectivity index (χ3n) is 3.52. The smallest absolute Gasteiger partial charge is 0.343 e. The number of benzene rings is 2. The summed E-state index contributed by atoms with van der Waals surface area (Å²) in [5, 5.41) is 14.1. The van der Waals surface area contributed by atoms with Crippen LogP contribution in [0.25, 0.3) is 16.9 Å². The first-order valence-corrected chi connectivity index (χ1v) is 7.57. The maximum Gasteiger partial charge on any atom is 0.343 e. The molecule has 0 saturated carbocycles. The third kappa shape index (κ3) is 2.77. The third-order valence-corrected chi connectivity index (χ3v) is 3.52. The normalized spacial score (nSPS) is 10.2. The van der Waals surface area contributed by atoms with Crippen LogP contribution in [-0.4, -0.2) is 22.4 Å². The van der Waals surface area contributed by atoms with Crippen molar-refractivity contribution in [2.24, 2.45) is 0 Å². The molecule has 5 nitrogen and oxygen atoms in total. The Balaban J connectivity index is 2.27. The van der Waals surface area contributed by atoms with E-state index >= 15 is 0 Å². The summed E-state index contributed by atoms with van der Waals surface area (Å²) in [4.78, 5) is 12.4. The lowest BCUT2D eigenvalue weighted by Crippen LogP contribution is -2.08. The van der Waals surface area contributed by atoms with E-state index in [2.05, 4.69) is 11.2 Å². The van der Waals surface area contributed by atoms with Crippen molar-refractivity contribution in [3.63, 3.8) is 0 Å². The van der Waals surface area contributed by atoms with Crippen molar-refractivity contribution in [1.29, 1.82) is 5.26 Å². The Labute approximate surface area is 139 Å². The van der Waals surface area contributed by atoms with Crippen molar-refractivity contribution < 1.29 is 9.53 Å². The van der Waals surface area contributed by atoms with Gasteiger partial charge in [-0.3, -0.25) is 0 Å². The van der Waals surface area contributed by atoms with Gasteiger partial charge in [-0.1, -0.05) is 48.5 Å². The molecule has 0 radical (unpaired) electrons. The van der Waals surface area contributed by atoms with Crippen LogP contribution in [0.5, 0.6) is 0 Å². The second-order valence-electron chi connectivity index (χ2n) is 5.02. The van der Waals surface area contributed by atoms with Crippen molar-refractivity contribution in [2.45, 2.75) is 6.92 Å². The van der Waals surface area contributed by atoms with E-state index in [1.807, 2.05) is 60.7 Å². The number of carbonyl (C=O) groups excluding carboxylic acids is 1. The molecule has 1 aromatic heterocycles. The van der Waals surface area contributed by atoms with Gasteiger partial charge in [-0.15, -0.1) is 0 Å². The first-order valence-electron chi connectivity index (χ1n) is 7.57. The molecule has 0 atom stereocenters. The maximum absolute atomic E-state index is 12.4. The van der Waals surface area contributed by atoms with Gasteiger partial charge in [0.1, 0.15) is 17.3 Å². The summed E-state index contributed by atoms with van der Waals surface area (Å²) < 4.78 is 6.62. The van der Waals surface area contributed by atoms with Crippen LogP contribution in [0.2, 0.25) is 0 Å². The quantitative estimate of drug-likeness (QED) is 0.690. The first-order chi connectivity index (χ1) is 11.8.